The summed E-state index contributed by atoms with van der Waals surface area (Å²) in [6.45, 7) is 8.15. The smallest absolute Gasteiger partial charge is 0.274 e. The number of piperidine rings is 1. The van der Waals surface area contributed by atoms with E-state index >= 15 is 0 Å². The van der Waals surface area contributed by atoms with Crippen LogP contribution in [0.5, 0.6) is 0 Å². The Balaban J connectivity index is 1.64. The molecule has 5 nitrogen and oxygen atoms in total. The van der Waals surface area contributed by atoms with Gasteiger partial charge in [0.1, 0.15) is 0 Å². The Labute approximate surface area is 149 Å². The number of aromatic nitrogens is 2. The van der Waals surface area contributed by atoms with Crippen LogP contribution in [-0.2, 0) is 0 Å². The molecule has 1 aliphatic heterocycles. The third-order valence-electron chi connectivity index (χ3n) is 4.68. The zero-order valence-electron chi connectivity index (χ0n) is 15.2. The predicted octanol–water partition coefficient (Wildman–Crippen LogP) is 4.22. The molecule has 0 radical (unpaired) electrons. The highest BCUT2D eigenvalue weighted by Crippen LogP contribution is 2.20. The van der Waals surface area contributed by atoms with Crippen molar-refractivity contribution < 1.29 is 4.79 Å². The molecule has 25 heavy (non-hydrogen) atoms. The van der Waals surface area contributed by atoms with Crippen molar-refractivity contribution in [1.29, 1.82) is 0 Å². The van der Waals surface area contributed by atoms with Gasteiger partial charge in [-0.1, -0.05) is 32.9 Å². The summed E-state index contributed by atoms with van der Waals surface area (Å²) in [6, 6.07) is 11.8. The molecule has 0 spiro atoms. The third-order valence-corrected chi connectivity index (χ3v) is 4.68. The second-order valence-electron chi connectivity index (χ2n) is 7.20. The molecule has 1 N–H and O–H groups in total. The lowest BCUT2D eigenvalue weighted by atomic mass is 10.00. The van der Waals surface area contributed by atoms with E-state index in [1.54, 1.807) is 6.07 Å². The van der Waals surface area contributed by atoms with Gasteiger partial charge in [0, 0.05) is 18.8 Å². The van der Waals surface area contributed by atoms with Gasteiger partial charge in [-0.25, -0.2) is 0 Å². The van der Waals surface area contributed by atoms with Gasteiger partial charge in [0.2, 0.25) is 0 Å². The van der Waals surface area contributed by atoms with Crippen LogP contribution < -0.4 is 5.32 Å². The summed E-state index contributed by atoms with van der Waals surface area (Å²) in [4.78, 5) is 14.4. The first-order chi connectivity index (χ1) is 12.0. The molecule has 2 aromatic rings. The molecule has 0 saturated carbocycles. The summed E-state index contributed by atoms with van der Waals surface area (Å²) in [7, 11) is 0. The van der Waals surface area contributed by atoms with Crippen molar-refractivity contribution in [3.63, 3.8) is 0 Å². The molecule has 1 aromatic heterocycles. The van der Waals surface area contributed by atoms with Gasteiger partial charge < -0.3 is 10.2 Å². The zero-order valence-corrected chi connectivity index (χ0v) is 15.2. The van der Waals surface area contributed by atoms with E-state index in [1.165, 1.54) is 12.0 Å². The average Bonchev–Trinajstić information content (AvgIpc) is 2.62. The Morgan fingerprint density at radius 2 is 1.92 bits per heavy atom. The van der Waals surface area contributed by atoms with Crippen molar-refractivity contribution in [1.82, 2.24) is 15.1 Å². The largest absolute Gasteiger partial charge is 0.339 e. The van der Waals surface area contributed by atoms with E-state index in [0.29, 0.717) is 23.3 Å². The van der Waals surface area contributed by atoms with Crippen LogP contribution >= 0.6 is 0 Å². The number of hydrogen-bond donors (Lipinski definition) is 1. The Morgan fingerprint density at radius 1 is 1.16 bits per heavy atom. The number of anilines is 2. The first-order valence-electron chi connectivity index (χ1n) is 9.03. The van der Waals surface area contributed by atoms with Gasteiger partial charge in [-0.05, 0) is 54.5 Å². The van der Waals surface area contributed by atoms with E-state index < -0.39 is 0 Å². The van der Waals surface area contributed by atoms with E-state index in [0.717, 1.165) is 25.2 Å². The fraction of sp³-hybridized carbons (Fsp3) is 0.450. The number of nitrogens with zero attached hydrogens (tertiary/aromatic N) is 3. The van der Waals surface area contributed by atoms with Crippen molar-refractivity contribution in [2.75, 3.05) is 18.4 Å². The van der Waals surface area contributed by atoms with E-state index in [2.05, 4.69) is 48.4 Å². The standard InChI is InChI=1S/C20H26N4O/c1-14(2)16-6-8-17(9-7-16)21-19-11-10-18(22-23-19)20(25)24-12-4-5-15(3)13-24/h6-11,14-15H,4-5,12-13H2,1-3H3,(H,21,23). The van der Waals surface area contributed by atoms with Gasteiger partial charge in [0.25, 0.3) is 5.91 Å². The number of likely N-dealkylation sites (tertiary alicyclic amines) is 1. The number of carbonyl (C=O) groups is 1. The van der Waals surface area contributed by atoms with Gasteiger partial charge in [-0.3, -0.25) is 4.79 Å². The molecule has 1 aliphatic rings. The summed E-state index contributed by atoms with van der Waals surface area (Å²) in [5.74, 6) is 1.68. The molecule has 1 atom stereocenters. The van der Waals surface area contributed by atoms with Crippen molar-refractivity contribution >= 4 is 17.4 Å². The van der Waals surface area contributed by atoms with Gasteiger partial charge in [-0.2, -0.15) is 0 Å². The number of carbonyl (C=O) groups excluding carboxylic acids is 1. The molecule has 132 valence electrons. The first-order valence-corrected chi connectivity index (χ1v) is 9.03. The minimum Gasteiger partial charge on any atom is -0.339 e. The molecular formula is C20H26N4O. The Morgan fingerprint density at radius 3 is 2.52 bits per heavy atom. The minimum absolute atomic E-state index is 0.0214. The van der Waals surface area contributed by atoms with E-state index in [1.807, 2.05) is 23.1 Å². The van der Waals surface area contributed by atoms with E-state index in [4.69, 9.17) is 0 Å². The van der Waals surface area contributed by atoms with Crippen molar-refractivity contribution in [3.8, 4) is 0 Å². The lowest BCUT2D eigenvalue weighted by molar-refractivity contribution is 0.0676. The van der Waals surface area contributed by atoms with Gasteiger partial charge in [-0.15, -0.1) is 10.2 Å². The number of amides is 1. The molecule has 1 aromatic carbocycles. The predicted molar refractivity (Wildman–Crippen MR) is 100 cm³/mol. The highest BCUT2D eigenvalue weighted by molar-refractivity contribution is 5.92. The van der Waals surface area contributed by atoms with Crippen LogP contribution in [0.25, 0.3) is 0 Å². The molecule has 3 rings (SSSR count). The summed E-state index contributed by atoms with van der Waals surface area (Å²) >= 11 is 0. The molecule has 1 amide bonds. The maximum absolute atomic E-state index is 12.5. The van der Waals surface area contributed by atoms with E-state index in [9.17, 15) is 4.79 Å². The topological polar surface area (TPSA) is 58.1 Å². The molecule has 1 unspecified atom stereocenters. The van der Waals surface area contributed by atoms with Crippen LogP contribution in [0.15, 0.2) is 36.4 Å². The normalized spacial score (nSPS) is 17.6. The van der Waals surface area contributed by atoms with E-state index in [-0.39, 0.29) is 5.91 Å². The lowest BCUT2D eigenvalue weighted by Crippen LogP contribution is -2.39. The van der Waals surface area contributed by atoms with Gasteiger partial charge in [0.15, 0.2) is 11.5 Å². The maximum atomic E-state index is 12.5. The Hall–Kier alpha value is -2.43. The summed E-state index contributed by atoms with van der Waals surface area (Å²) < 4.78 is 0. The lowest BCUT2D eigenvalue weighted by Gasteiger charge is -2.30. The summed E-state index contributed by atoms with van der Waals surface area (Å²) in [6.07, 6.45) is 2.25. The number of rotatable bonds is 4. The summed E-state index contributed by atoms with van der Waals surface area (Å²) in [5, 5.41) is 11.5. The molecule has 5 heteroatoms. The highest BCUT2D eigenvalue weighted by atomic mass is 16.2. The molecule has 2 heterocycles. The zero-order chi connectivity index (χ0) is 17.8. The van der Waals surface area contributed by atoms with Crippen LogP contribution in [0.3, 0.4) is 0 Å². The van der Waals surface area contributed by atoms with Crippen LogP contribution in [0.1, 0.15) is 55.6 Å². The van der Waals surface area contributed by atoms with Crippen LogP contribution in [-0.4, -0.2) is 34.1 Å². The fourth-order valence-electron chi connectivity index (χ4n) is 3.15. The highest BCUT2D eigenvalue weighted by Gasteiger charge is 2.23. The van der Waals surface area contributed by atoms with Crippen LogP contribution in [0, 0.1) is 5.92 Å². The van der Waals surface area contributed by atoms with Crippen molar-refractivity contribution in [2.45, 2.75) is 39.5 Å². The minimum atomic E-state index is -0.0214. The second kappa shape index (κ2) is 7.64. The fourth-order valence-corrected chi connectivity index (χ4v) is 3.15. The molecule has 1 saturated heterocycles. The third kappa shape index (κ3) is 4.35. The van der Waals surface area contributed by atoms with Crippen LogP contribution in [0.2, 0.25) is 0 Å². The first kappa shape index (κ1) is 17.4. The number of nitrogens with one attached hydrogen (secondary N) is 1. The van der Waals surface area contributed by atoms with Gasteiger partial charge >= 0.3 is 0 Å². The monoisotopic (exact) mass is 338 g/mol. The average molecular weight is 338 g/mol. The molecule has 0 bridgehead atoms. The Bertz CT molecular complexity index is 709. The molecule has 0 aliphatic carbocycles. The molecule has 1 fully saturated rings. The molecular weight excluding hydrogens is 312 g/mol. The maximum Gasteiger partial charge on any atom is 0.274 e. The van der Waals surface area contributed by atoms with Crippen molar-refractivity contribution in [3.05, 3.63) is 47.7 Å². The van der Waals surface area contributed by atoms with Crippen LogP contribution in [0.4, 0.5) is 11.5 Å². The summed E-state index contributed by atoms with van der Waals surface area (Å²) in [5.41, 5.74) is 2.67. The Kier molecular flexibility index (Phi) is 5.31. The van der Waals surface area contributed by atoms with Gasteiger partial charge in [0.05, 0.1) is 0 Å². The van der Waals surface area contributed by atoms with Crippen molar-refractivity contribution in [2.24, 2.45) is 5.92 Å². The quantitative estimate of drug-likeness (QED) is 0.907. The number of benzene rings is 1. The SMILES string of the molecule is CC1CCCN(C(=O)c2ccc(Nc3ccc(C(C)C)cc3)nn2)C1. The second-order valence-corrected chi connectivity index (χ2v) is 7.20. The number of hydrogen-bond acceptors (Lipinski definition) is 4.